The van der Waals surface area contributed by atoms with Crippen LogP contribution in [0.4, 0.5) is 4.39 Å². The van der Waals surface area contributed by atoms with Crippen LogP contribution in [0, 0.1) is 0 Å². The third-order valence-corrected chi connectivity index (χ3v) is 9.30. The van der Waals surface area contributed by atoms with E-state index in [1.54, 1.807) is 0 Å². The average molecular weight is 705 g/mol. The van der Waals surface area contributed by atoms with Crippen molar-refractivity contribution in [2.45, 2.75) is 94.3 Å². The highest BCUT2D eigenvalue weighted by molar-refractivity contribution is 6.31. The molecule has 0 aromatic heterocycles. The van der Waals surface area contributed by atoms with Gasteiger partial charge in [-0.15, -0.1) is 0 Å². The fraction of sp³-hybridized carbons (Fsp3) is 0.500. The number of ether oxygens (including phenoxy) is 4. The summed E-state index contributed by atoms with van der Waals surface area (Å²) in [4.78, 5) is 64.0. The first-order valence-corrected chi connectivity index (χ1v) is 15.9. The maximum Gasteiger partial charge on any atom is 0.306 e. The molecule has 1 aliphatic heterocycles. The number of rotatable bonds is 12. The summed E-state index contributed by atoms with van der Waals surface area (Å²) in [6, 6.07) is 4.16. The van der Waals surface area contributed by atoms with Gasteiger partial charge in [-0.2, -0.15) is 0 Å². The molecule has 0 radical (unpaired) electrons. The summed E-state index contributed by atoms with van der Waals surface area (Å²) in [6.45, 7) is 0.364. The van der Waals surface area contributed by atoms with E-state index >= 15 is 4.39 Å². The number of esters is 1. The second-order valence-corrected chi connectivity index (χ2v) is 12.6. The number of aliphatic hydroxyl groups excluding tert-OH is 2. The predicted molar refractivity (Wildman–Crippen MR) is 165 cm³/mol. The van der Waals surface area contributed by atoms with E-state index in [0.717, 1.165) is 0 Å². The van der Waals surface area contributed by atoms with E-state index in [0.29, 0.717) is 12.8 Å². The molecule has 7 atom stereocenters. The molecule has 2 aromatic rings. The average Bonchev–Trinajstić information content (AvgIpc) is 3.08. The van der Waals surface area contributed by atoms with Crippen LogP contribution in [-0.4, -0.2) is 110 Å². The number of aliphatic hydroxyl groups is 3. The monoisotopic (exact) mass is 704 g/mol. The van der Waals surface area contributed by atoms with Crippen molar-refractivity contribution in [2.24, 2.45) is 0 Å². The van der Waals surface area contributed by atoms with Gasteiger partial charge in [0, 0.05) is 42.4 Å². The number of ketones is 3. The van der Waals surface area contributed by atoms with E-state index in [2.05, 4.69) is 0 Å². The number of aromatic hydroxyl groups is 2. The molecular weight excluding hydrogens is 667 g/mol. The molecule has 2 aliphatic carbocycles. The maximum atomic E-state index is 15.3. The molecule has 0 saturated carbocycles. The molecule has 1 heterocycles. The Morgan fingerprint density at radius 3 is 2.34 bits per heavy atom. The van der Waals surface area contributed by atoms with Gasteiger partial charge < -0.3 is 49.6 Å². The summed E-state index contributed by atoms with van der Waals surface area (Å²) in [5.74, 6) is -6.41. The van der Waals surface area contributed by atoms with Gasteiger partial charge in [-0.3, -0.25) is 24.0 Å². The highest BCUT2D eigenvalue weighted by Crippen LogP contribution is 2.52. The fourth-order valence-corrected chi connectivity index (χ4v) is 6.59. The quantitative estimate of drug-likeness (QED) is 0.0890. The van der Waals surface area contributed by atoms with Gasteiger partial charge in [0.1, 0.15) is 35.1 Å². The molecular formula is C34H37FO15. The van der Waals surface area contributed by atoms with Crippen molar-refractivity contribution in [1.82, 2.24) is 0 Å². The highest BCUT2D eigenvalue weighted by Gasteiger charge is 2.52. The van der Waals surface area contributed by atoms with Crippen LogP contribution in [0.3, 0.4) is 0 Å². The summed E-state index contributed by atoms with van der Waals surface area (Å²) in [7, 11) is 1.26. The zero-order valence-electron chi connectivity index (χ0n) is 27.1. The molecule has 2 aromatic carbocycles. The van der Waals surface area contributed by atoms with Crippen LogP contribution in [0.25, 0.3) is 0 Å². The zero-order valence-corrected chi connectivity index (χ0v) is 27.1. The first kappa shape index (κ1) is 36.8. The standard InChI is InChI=1S/C34H37FO15/c1-14-27(40)32(45)26(35)33(49-14)50-18-12-34(46,19(36)13-48-21(39)10-5-3-4-9-20(37)38)11-16-23(18)31(44)25-24(29(16)42)28(41)15-7-6-8-17(47-2)22(15)30(25)43/h6-8,14,18,26-27,32-33,40,42,44-46H,3-5,9-13H2,1-2H3,(H,37,38). The number of carboxylic acid groups (broad SMARTS) is 1. The number of methoxy groups -OCH3 is 1. The number of hydrogen-bond acceptors (Lipinski definition) is 14. The second-order valence-electron chi connectivity index (χ2n) is 12.6. The SMILES string of the molecule is COc1cccc2c1C(=O)c1c(O)c3c(c(O)c1C2=O)CC(O)(C(=O)COC(=O)CCCCCC(=O)O)CC3OC1OC(C)C(O)C(O)C1F. The minimum Gasteiger partial charge on any atom is -0.507 e. The molecule has 3 aliphatic rings. The smallest absolute Gasteiger partial charge is 0.306 e. The summed E-state index contributed by atoms with van der Waals surface area (Å²) < 4.78 is 36.8. The van der Waals surface area contributed by atoms with Gasteiger partial charge in [0.2, 0.25) is 11.6 Å². The van der Waals surface area contributed by atoms with Gasteiger partial charge in [-0.25, -0.2) is 4.39 Å². The van der Waals surface area contributed by atoms with Crippen LogP contribution in [0.1, 0.15) is 94.5 Å². The Morgan fingerprint density at radius 1 is 0.980 bits per heavy atom. The van der Waals surface area contributed by atoms with Crippen molar-refractivity contribution in [3.05, 3.63) is 51.6 Å². The number of fused-ring (bicyclic) bond motifs is 3. The third-order valence-electron chi connectivity index (χ3n) is 9.30. The molecule has 1 saturated heterocycles. The molecule has 1 fully saturated rings. The number of phenolic OH excluding ortho intramolecular Hbond substituents is 2. The van der Waals surface area contributed by atoms with Crippen LogP contribution in [0.5, 0.6) is 17.2 Å². The summed E-state index contributed by atoms with van der Waals surface area (Å²) in [5.41, 5.74) is -4.90. The number of benzene rings is 2. The first-order valence-electron chi connectivity index (χ1n) is 15.9. The van der Waals surface area contributed by atoms with Crippen molar-refractivity contribution < 1.29 is 77.9 Å². The Morgan fingerprint density at radius 2 is 1.66 bits per heavy atom. The van der Waals surface area contributed by atoms with Crippen molar-refractivity contribution >= 4 is 29.3 Å². The Kier molecular flexibility index (Phi) is 10.6. The molecule has 6 N–H and O–H groups in total. The summed E-state index contributed by atoms with van der Waals surface area (Å²) in [6.07, 6.45) is -11.6. The van der Waals surface area contributed by atoms with Crippen molar-refractivity contribution in [3.63, 3.8) is 0 Å². The fourth-order valence-electron chi connectivity index (χ4n) is 6.59. The van der Waals surface area contributed by atoms with Crippen LogP contribution in [-0.2, 0) is 35.0 Å². The number of alkyl halides is 1. The minimum atomic E-state index is -2.52. The molecule has 0 amide bonds. The van der Waals surface area contributed by atoms with Gasteiger partial charge in [0.25, 0.3) is 0 Å². The molecule has 7 unspecified atom stereocenters. The Balaban J connectivity index is 1.51. The molecule has 0 spiro atoms. The van der Waals surface area contributed by atoms with Crippen molar-refractivity contribution in [2.75, 3.05) is 13.7 Å². The van der Waals surface area contributed by atoms with Gasteiger partial charge in [0.15, 0.2) is 24.9 Å². The second kappa shape index (κ2) is 14.4. The molecule has 50 heavy (non-hydrogen) atoms. The Labute approximate surface area is 284 Å². The van der Waals surface area contributed by atoms with E-state index in [9.17, 15) is 49.5 Å². The largest absolute Gasteiger partial charge is 0.507 e. The first-order chi connectivity index (χ1) is 23.6. The van der Waals surface area contributed by atoms with Crippen LogP contribution < -0.4 is 4.74 Å². The number of carboxylic acids is 1. The number of carbonyl (C=O) groups excluding carboxylic acids is 4. The number of carbonyl (C=O) groups is 5. The topological polar surface area (TPSA) is 244 Å². The Hall–Kier alpha value is -4.48. The predicted octanol–water partition coefficient (Wildman–Crippen LogP) is 1.57. The van der Waals surface area contributed by atoms with E-state index in [4.69, 9.17) is 24.1 Å². The minimum absolute atomic E-state index is 0.00287. The number of phenols is 2. The molecule has 5 rings (SSSR count). The normalized spacial score (nSPS) is 27.2. The number of unbranched alkanes of at least 4 members (excludes halogenated alkanes) is 2. The number of hydrogen-bond donors (Lipinski definition) is 6. The van der Waals surface area contributed by atoms with E-state index in [1.807, 2.05) is 0 Å². The number of aliphatic carboxylic acids is 1. The van der Waals surface area contributed by atoms with Crippen LogP contribution >= 0.6 is 0 Å². The van der Waals surface area contributed by atoms with E-state index in [-0.39, 0.29) is 41.7 Å². The lowest BCUT2D eigenvalue weighted by Crippen LogP contribution is -2.56. The molecule has 0 bridgehead atoms. The lowest BCUT2D eigenvalue weighted by Gasteiger charge is -2.43. The summed E-state index contributed by atoms with van der Waals surface area (Å²) >= 11 is 0. The van der Waals surface area contributed by atoms with Crippen molar-refractivity contribution in [3.8, 4) is 17.2 Å². The van der Waals surface area contributed by atoms with Crippen LogP contribution in [0.15, 0.2) is 18.2 Å². The highest BCUT2D eigenvalue weighted by atomic mass is 19.1. The summed E-state index contributed by atoms with van der Waals surface area (Å²) in [5, 5.41) is 64.0. The molecule has 16 heteroatoms. The van der Waals surface area contributed by atoms with Crippen LogP contribution in [0.2, 0.25) is 0 Å². The number of Topliss-reactive ketones (excluding diaryl/α,β-unsaturated/α-hetero) is 1. The maximum absolute atomic E-state index is 15.3. The lowest BCUT2D eigenvalue weighted by molar-refractivity contribution is -0.294. The van der Waals surface area contributed by atoms with E-state index < -0.39 is 119 Å². The van der Waals surface area contributed by atoms with Crippen molar-refractivity contribution in [1.29, 1.82) is 0 Å². The van der Waals surface area contributed by atoms with Gasteiger partial charge >= 0.3 is 11.9 Å². The molecule has 270 valence electrons. The third kappa shape index (κ3) is 6.68. The number of halogens is 1. The van der Waals surface area contributed by atoms with E-state index in [1.165, 1.54) is 32.2 Å². The zero-order chi connectivity index (χ0) is 36.7. The van der Waals surface area contributed by atoms with Gasteiger partial charge in [-0.05, 0) is 25.8 Å². The lowest BCUT2D eigenvalue weighted by atomic mass is 9.72. The van der Waals surface area contributed by atoms with Gasteiger partial charge in [0.05, 0.1) is 36.0 Å². The van der Waals surface area contributed by atoms with Gasteiger partial charge in [-0.1, -0.05) is 18.6 Å². The Bertz CT molecular complexity index is 1720. The molecule has 15 nitrogen and oxygen atoms in total.